The number of methoxy groups -OCH3 is 2. The molecule has 6 nitrogen and oxygen atoms in total. The van der Waals surface area contributed by atoms with Crippen molar-refractivity contribution < 1.29 is 9.47 Å². The van der Waals surface area contributed by atoms with Gasteiger partial charge in [0.2, 0.25) is 5.95 Å². The molecule has 0 saturated carbocycles. The van der Waals surface area contributed by atoms with Gasteiger partial charge in [-0.05, 0) is 80.0 Å². The van der Waals surface area contributed by atoms with Crippen molar-refractivity contribution in [3.8, 4) is 11.5 Å². The highest BCUT2D eigenvalue weighted by Crippen LogP contribution is 2.30. The van der Waals surface area contributed by atoms with Crippen LogP contribution >= 0.6 is 0 Å². The number of hydrogen-bond donors (Lipinski definition) is 1. The molecular formula is C26H32N4O2. The third kappa shape index (κ3) is 4.11. The molecule has 3 aromatic rings. The first-order chi connectivity index (χ1) is 15.6. The molecular weight excluding hydrogens is 400 g/mol. The number of nitrogens with one attached hydrogen (secondary N) is 1. The first-order valence-corrected chi connectivity index (χ1v) is 11.6. The van der Waals surface area contributed by atoms with Gasteiger partial charge in [-0.3, -0.25) is 0 Å². The van der Waals surface area contributed by atoms with Gasteiger partial charge in [0.1, 0.15) is 0 Å². The van der Waals surface area contributed by atoms with Crippen LogP contribution in [0.4, 0.5) is 5.95 Å². The molecule has 2 heterocycles. The summed E-state index contributed by atoms with van der Waals surface area (Å²) in [7, 11) is 3.34. The van der Waals surface area contributed by atoms with Crippen LogP contribution in [0, 0.1) is 6.92 Å². The largest absolute Gasteiger partial charge is 0.493 e. The van der Waals surface area contributed by atoms with Gasteiger partial charge in [-0.15, -0.1) is 0 Å². The Morgan fingerprint density at radius 3 is 2.47 bits per heavy atom. The Hall–Kier alpha value is -2.86. The van der Waals surface area contributed by atoms with Gasteiger partial charge in [-0.25, -0.2) is 9.97 Å². The van der Waals surface area contributed by atoms with E-state index in [2.05, 4.69) is 35.3 Å². The van der Waals surface area contributed by atoms with Crippen molar-refractivity contribution in [2.75, 3.05) is 32.2 Å². The predicted octanol–water partition coefficient (Wildman–Crippen LogP) is 4.20. The summed E-state index contributed by atoms with van der Waals surface area (Å²) in [5.41, 5.74) is 6.35. The van der Waals surface area contributed by atoms with Gasteiger partial charge in [0, 0.05) is 31.1 Å². The van der Waals surface area contributed by atoms with E-state index in [9.17, 15) is 0 Å². The molecule has 1 N–H and O–H groups in total. The lowest BCUT2D eigenvalue weighted by atomic mass is 10.0. The summed E-state index contributed by atoms with van der Waals surface area (Å²) >= 11 is 0. The van der Waals surface area contributed by atoms with Gasteiger partial charge in [-0.1, -0.05) is 6.07 Å². The zero-order valence-corrected chi connectivity index (χ0v) is 19.3. The Labute approximate surface area is 190 Å². The number of benzene rings is 2. The van der Waals surface area contributed by atoms with Crippen LogP contribution in [0.15, 0.2) is 30.3 Å². The molecule has 0 unspecified atom stereocenters. The summed E-state index contributed by atoms with van der Waals surface area (Å²) in [6.45, 7) is 4.88. The summed E-state index contributed by atoms with van der Waals surface area (Å²) < 4.78 is 10.8. The van der Waals surface area contributed by atoms with Crippen LogP contribution < -0.4 is 19.7 Å². The molecule has 0 bridgehead atoms. The highest BCUT2D eigenvalue weighted by molar-refractivity contribution is 5.84. The summed E-state index contributed by atoms with van der Waals surface area (Å²) in [6.07, 6.45) is 5.79. The lowest BCUT2D eigenvalue weighted by molar-refractivity contribution is 0.354. The number of ether oxygens (including phenoxy) is 2. The average Bonchev–Trinajstić information content (AvgIpc) is 3.29. The van der Waals surface area contributed by atoms with Crippen LogP contribution in [0.5, 0.6) is 11.5 Å². The molecule has 168 valence electrons. The minimum Gasteiger partial charge on any atom is -0.493 e. The Balaban J connectivity index is 1.22. The number of fused-ring (bicyclic) bond motifs is 2. The second-order valence-corrected chi connectivity index (χ2v) is 8.93. The first kappa shape index (κ1) is 21.0. The summed E-state index contributed by atoms with van der Waals surface area (Å²) in [5, 5.41) is 4.91. The van der Waals surface area contributed by atoms with E-state index in [1.165, 1.54) is 41.3 Å². The Kier molecular flexibility index (Phi) is 5.87. The summed E-state index contributed by atoms with van der Waals surface area (Å²) in [5.74, 6) is 2.42. The van der Waals surface area contributed by atoms with Gasteiger partial charge in [-0.2, -0.15) is 0 Å². The van der Waals surface area contributed by atoms with Crippen LogP contribution in [0.1, 0.15) is 41.6 Å². The van der Waals surface area contributed by atoms with Crippen molar-refractivity contribution in [2.45, 2.75) is 51.6 Å². The minimum atomic E-state index is 0.490. The maximum Gasteiger partial charge on any atom is 0.226 e. The lowest BCUT2D eigenvalue weighted by Crippen LogP contribution is -2.43. The zero-order valence-electron chi connectivity index (χ0n) is 19.3. The van der Waals surface area contributed by atoms with Crippen molar-refractivity contribution in [2.24, 2.45) is 0 Å². The molecule has 1 aliphatic heterocycles. The maximum absolute atomic E-state index is 5.42. The number of nitrogens with zero attached hydrogens (tertiary/aromatic N) is 3. The van der Waals surface area contributed by atoms with Crippen molar-refractivity contribution >= 4 is 16.9 Å². The monoisotopic (exact) mass is 432 g/mol. The SMILES string of the molecule is COc1ccc(CNC2CCN(c3nc(C)c4cc5c(cc4n3)CCC5)CC2)cc1OC. The quantitative estimate of drug-likeness (QED) is 0.630. The molecule has 1 aromatic heterocycles. The fourth-order valence-electron chi connectivity index (χ4n) is 5.01. The van der Waals surface area contributed by atoms with E-state index in [0.717, 1.165) is 61.1 Å². The summed E-state index contributed by atoms with van der Waals surface area (Å²) in [6, 6.07) is 11.2. The van der Waals surface area contributed by atoms with Crippen LogP contribution in [0.3, 0.4) is 0 Å². The molecule has 32 heavy (non-hydrogen) atoms. The van der Waals surface area contributed by atoms with Gasteiger partial charge >= 0.3 is 0 Å². The molecule has 0 amide bonds. The number of rotatable bonds is 6. The number of hydrogen-bond acceptors (Lipinski definition) is 6. The fourth-order valence-corrected chi connectivity index (χ4v) is 5.01. The smallest absolute Gasteiger partial charge is 0.226 e. The second kappa shape index (κ2) is 8.94. The van der Waals surface area contributed by atoms with Crippen LogP contribution in [0.25, 0.3) is 10.9 Å². The van der Waals surface area contributed by atoms with E-state index in [4.69, 9.17) is 19.4 Å². The van der Waals surface area contributed by atoms with Crippen LogP contribution in [0.2, 0.25) is 0 Å². The van der Waals surface area contributed by atoms with Crippen molar-refractivity contribution in [3.63, 3.8) is 0 Å². The zero-order chi connectivity index (χ0) is 22.1. The Morgan fingerprint density at radius 2 is 1.72 bits per heavy atom. The first-order valence-electron chi connectivity index (χ1n) is 11.6. The van der Waals surface area contributed by atoms with E-state index < -0.39 is 0 Å². The number of aryl methyl sites for hydroxylation is 3. The van der Waals surface area contributed by atoms with Crippen molar-refractivity contribution in [1.82, 2.24) is 15.3 Å². The highest BCUT2D eigenvalue weighted by atomic mass is 16.5. The maximum atomic E-state index is 5.42. The van der Waals surface area contributed by atoms with E-state index in [0.29, 0.717) is 6.04 Å². The third-order valence-electron chi connectivity index (χ3n) is 6.91. The minimum absolute atomic E-state index is 0.490. The van der Waals surface area contributed by atoms with Crippen molar-refractivity contribution in [1.29, 1.82) is 0 Å². The molecule has 1 fully saturated rings. The van der Waals surface area contributed by atoms with Gasteiger partial charge < -0.3 is 19.7 Å². The predicted molar refractivity (Wildman–Crippen MR) is 128 cm³/mol. The van der Waals surface area contributed by atoms with Crippen LogP contribution in [-0.2, 0) is 19.4 Å². The van der Waals surface area contributed by atoms with Gasteiger partial charge in [0.05, 0.1) is 25.4 Å². The topological polar surface area (TPSA) is 59.5 Å². The molecule has 1 saturated heterocycles. The van der Waals surface area contributed by atoms with Gasteiger partial charge in [0.25, 0.3) is 0 Å². The van der Waals surface area contributed by atoms with Crippen molar-refractivity contribution in [3.05, 3.63) is 52.7 Å². The molecule has 5 rings (SSSR count). The lowest BCUT2D eigenvalue weighted by Gasteiger charge is -2.33. The summed E-state index contributed by atoms with van der Waals surface area (Å²) in [4.78, 5) is 12.2. The standard InChI is InChI=1S/C26H32N4O2/c1-17-22-14-19-5-4-6-20(19)15-23(22)29-26(28-17)30-11-9-21(10-12-30)27-16-18-7-8-24(31-2)25(13-18)32-3/h7-8,13-15,21,27H,4-6,9-12,16H2,1-3H3. The molecule has 2 aromatic carbocycles. The highest BCUT2D eigenvalue weighted by Gasteiger charge is 2.22. The molecule has 2 aliphatic rings. The molecule has 1 aliphatic carbocycles. The average molecular weight is 433 g/mol. The second-order valence-electron chi connectivity index (χ2n) is 8.93. The number of anilines is 1. The fraction of sp³-hybridized carbons (Fsp3) is 0.462. The Bertz CT molecular complexity index is 1120. The van der Waals surface area contributed by atoms with E-state index in [1.54, 1.807) is 14.2 Å². The molecule has 0 spiro atoms. The molecule has 6 heteroatoms. The molecule has 0 radical (unpaired) electrons. The van der Waals surface area contributed by atoms with Gasteiger partial charge in [0.15, 0.2) is 11.5 Å². The van der Waals surface area contributed by atoms with Crippen LogP contribution in [-0.4, -0.2) is 43.3 Å². The number of piperidine rings is 1. The van der Waals surface area contributed by atoms with E-state index in [1.807, 2.05) is 12.1 Å². The Morgan fingerprint density at radius 1 is 0.969 bits per heavy atom. The third-order valence-corrected chi connectivity index (χ3v) is 6.91. The molecule has 0 atom stereocenters. The number of aromatic nitrogens is 2. The normalized spacial score (nSPS) is 16.4. The van der Waals surface area contributed by atoms with E-state index >= 15 is 0 Å². The van der Waals surface area contributed by atoms with E-state index in [-0.39, 0.29) is 0 Å².